The third-order valence-electron chi connectivity index (χ3n) is 3.86. The lowest BCUT2D eigenvalue weighted by Crippen LogP contribution is -2.31. The molecule has 0 aromatic carbocycles. The number of nitrogens with zero attached hydrogens (tertiary/aromatic N) is 5. The van der Waals surface area contributed by atoms with Crippen molar-refractivity contribution in [2.24, 2.45) is 0 Å². The summed E-state index contributed by atoms with van der Waals surface area (Å²) >= 11 is 0. The van der Waals surface area contributed by atoms with Crippen LogP contribution in [0.4, 0.5) is 0 Å². The smallest absolute Gasteiger partial charge is 0.223 e. The zero-order valence-corrected chi connectivity index (χ0v) is 11.9. The van der Waals surface area contributed by atoms with E-state index in [-0.39, 0.29) is 11.9 Å². The van der Waals surface area contributed by atoms with Crippen LogP contribution >= 0.6 is 0 Å². The van der Waals surface area contributed by atoms with Crippen LogP contribution in [-0.4, -0.2) is 36.9 Å². The molecule has 1 aliphatic heterocycles. The van der Waals surface area contributed by atoms with Crippen LogP contribution < -0.4 is 0 Å². The Bertz CT molecular complexity index is 569. The minimum Gasteiger partial charge on any atom is -0.337 e. The van der Waals surface area contributed by atoms with Gasteiger partial charge in [0.25, 0.3) is 0 Å². The maximum Gasteiger partial charge on any atom is 0.223 e. The Hall–Kier alpha value is -2.24. The molecule has 0 saturated carbocycles. The van der Waals surface area contributed by atoms with Crippen LogP contribution in [0.25, 0.3) is 0 Å². The molecular formula is C15H19N5O. The zero-order valence-electron chi connectivity index (χ0n) is 11.9. The number of aromatic nitrogens is 4. The molecule has 1 atom stereocenters. The third kappa shape index (κ3) is 3.26. The highest BCUT2D eigenvalue weighted by molar-refractivity contribution is 5.76. The summed E-state index contributed by atoms with van der Waals surface area (Å²) in [6.07, 6.45) is 14.0. The monoisotopic (exact) mass is 285 g/mol. The normalized spacial score (nSPS) is 18.1. The van der Waals surface area contributed by atoms with E-state index in [1.54, 1.807) is 31.1 Å². The lowest BCUT2D eigenvalue weighted by Gasteiger charge is -2.24. The van der Waals surface area contributed by atoms with Crippen LogP contribution in [0.15, 0.2) is 37.3 Å². The first kappa shape index (κ1) is 13.7. The van der Waals surface area contributed by atoms with E-state index in [0.717, 1.165) is 38.0 Å². The van der Waals surface area contributed by atoms with Gasteiger partial charge in [-0.05, 0) is 19.3 Å². The molecule has 0 radical (unpaired) electrons. The van der Waals surface area contributed by atoms with Gasteiger partial charge in [0.15, 0.2) is 0 Å². The summed E-state index contributed by atoms with van der Waals surface area (Å²) in [7, 11) is 0. The van der Waals surface area contributed by atoms with Crippen molar-refractivity contribution in [3.8, 4) is 0 Å². The van der Waals surface area contributed by atoms with Crippen molar-refractivity contribution in [2.45, 2.75) is 38.3 Å². The first-order chi connectivity index (χ1) is 10.3. The van der Waals surface area contributed by atoms with E-state index in [1.165, 1.54) is 0 Å². The summed E-state index contributed by atoms with van der Waals surface area (Å²) in [5.41, 5.74) is 0.901. The second-order valence-corrected chi connectivity index (χ2v) is 5.28. The average Bonchev–Trinajstić information content (AvgIpc) is 3.19. The summed E-state index contributed by atoms with van der Waals surface area (Å²) in [5.74, 6) is 0.211. The molecule has 0 unspecified atom stereocenters. The molecule has 6 nitrogen and oxygen atoms in total. The fourth-order valence-electron chi connectivity index (χ4n) is 2.83. The van der Waals surface area contributed by atoms with Gasteiger partial charge in [-0.3, -0.25) is 14.8 Å². The van der Waals surface area contributed by atoms with E-state index < -0.39 is 0 Å². The highest BCUT2D eigenvalue weighted by atomic mass is 16.2. The van der Waals surface area contributed by atoms with Gasteiger partial charge in [-0.25, -0.2) is 4.98 Å². The maximum atomic E-state index is 12.4. The predicted octanol–water partition coefficient (Wildman–Crippen LogP) is 1.82. The van der Waals surface area contributed by atoms with Crippen LogP contribution in [0.5, 0.6) is 0 Å². The minimum absolute atomic E-state index is 0.0967. The standard InChI is InChI=1S/C15H19N5O/c21-15(4-2-8-19-10-7-17-12-19)20-9-1-3-14(20)13-11-16-5-6-18-13/h5-7,10-12,14H,1-4,8-9H2/t14-/m1/s1. The molecule has 0 N–H and O–H groups in total. The van der Waals surface area contributed by atoms with Gasteiger partial charge >= 0.3 is 0 Å². The molecule has 1 aliphatic rings. The average molecular weight is 285 g/mol. The predicted molar refractivity (Wildman–Crippen MR) is 77.2 cm³/mol. The first-order valence-electron chi connectivity index (χ1n) is 7.36. The molecule has 2 aromatic rings. The van der Waals surface area contributed by atoms with Crippen molar-refractivity contribution in [3.63, 3.8) is 0 Å². The Morgan fingerprint density at radius 3 is 3.00 bits per heavy atom. The van der Waals surface area contributed by atoms with Gasteiger partial charge in [0.1, 0.15) is 0 Å². The molecule has 6 heteroatoms. The van der Waals surface area contributed by atoms with Crippen LogP contribution in [0.3, 0.4) is 0 Å². The number of carbonyl (C=O) groups excluding carboxylic acids is 1. The van der Waals surface area contributed by atoms with Gasteiger partial charge in [-0.1, -0.05) is 0 Å². The van der Waals surface area contributed by atoms with E-state index in [2.05, 4.69) is 15.0 Å². The fourth-order valence-corrected chi connectivity index (χ4v) is 2.83. The summed E-state index contributed by atoms with van der Waals surface area (Å²) < 4.78 is 2.00. The van der Waals surface area contributed by atoms with Crippen molar-refractivity contribution in [1.82, 2.24) is 24.4 Å². The Kier molecular flexibility index (Phi) is 4.23. The Morgan fingerprint density at radius 1 is 1.29 bits per heavy atom. The van der Waals surface area contributed by atoms with Crippen LogP contribution in [0, 0.1) is 0 Å². The van der Waals surface area contributed by atoms with Crippen LogP contribution in [0.1, 0.15) is 37.4 Å². The number of hydrogen-bond donors (Lipinski definition) is 0. The lowest BCUT2D eigenvalue weighted by molar-refractivity contribution is -0.132. The second kappa shape index (κ2) is 6.47. The Labute approximate surface area is 123 Å². The summed E-state index contributed by atoms with van der Waals surface area (Å²) in [5, 5.41) is 0. The van der Waals surface area contributed by atoms with Gasteiger partial charge in [0, 0.05) is 44.3 Å². The molecule has 21 heavy (non-hydrogen) atoms. The minimum atomic E-state index is 0.0967. The van der Waals surface area contributed by atoms with E-state index in [0.29, 0.717) is 6.42 Å². The van der Waals surface area contributed by atoms with E-state index in [1.807, 2.05) is 15.7 Å². The van der Waals surface area contributed by atoms with Crippen molar-refractivity contribution in [2.75, 3.05) is 6.54 Å². The van der Waals surface area contributed by atoms with Crippen LogP contribution in [0.2, 0.25) is 0 Å². The zero-order chi connectivity index (χ0) is 14.5. The third-order valence-corrected chi connectivity index (χ3v) is 3.86. The number of carbonyl (C=O) groups is 1. The number of likely N-dealkylation sites (tertiary alicyclic amines) is 1. The van der Waals surface area contributed by atoms with Crippen molar-refractivity contribution in [1.29, 1.82) is 0 Å². The lowest BCUT2D eigenvalue weighted by atomic mass is 10.1. The molecular weight excluding hydrogens is 266 g/mol. The summed E-state index contributed by atoms with van der Waals surface area (Å²) in [6.45, 7) is 1.65. The quantitative estimate of drug-likeness (QED) is 0.840. The topological polar surface area (TPSA) is 63.9 Å². The maximum absolute atomic E-state index is 12.4. The van der Waals surface area contributed by atoms with Gasteiger partial charge in [-0.2, -0.15) is 0 Å². The fraction of sp³-hybridized carbons (Fsp3) is 0.467. The molecule has 1 saturated heterocycles. The first-order valence-corrected chi connectivity index (χ1v) is 7.36. The molecule has 110 valence electrons. The summed E-state index contributed by atoms with van der Waals surface area (Å²) in [6, 6.07) is 0.0967. The number of imidazole rings is 1. The molecule has 3 heterocycles. The number of hydrogen-bond acceptors (Lipinski definition) is 4. The number of rotatable bonds is 5. The molecule has 1 amide bonds. The van der Waals surface area contributed by atoms with Crippen molar-refractivity contribution < 1.29 is 4.79 Å². The van der Waals surface area contributed by atoms with Crippen molar-refractivity contribution >= 4 is 5.91 Å². The highest BCUT2D eigenvalue weighted by Gasteiger charge is 2.30. The second-order valence-electron chi connectivity index (χ2n) is 5.28. The molecule has 3 rings (SSSR count). The largest absolute Gasteiger partial charge is 0.337 e. The highest BCUT2D eigenvalue weighted by Crippen LogP contribution is 2.30. The number of aryl methyl sites for hydroxylation is 1. The molecule has 2 aromatic heterocycles. The Balaban J connectivity index is 1.56. The Morgan fingerprint density at radius 2 is 2.24 bits per heavy atom. The molecule has 0 spiro atoms. The molecule has 1 fully saturated rings. The van der Waals surface area contributed by atoms with E-state index in [4.69, 9.17) is 0 Å². The molecule has 0 bridgehead atoms. The van der Waals surface area contributed by atoms with Gasteiger partial charge in [0.05, 0.1) is 24.3 Å². The molecule has 0 aliphatic carbocycles. The van der Waals surface area contributed by atoms with Gasteiger partial charge in [-0.15, -0.1) is 0 Å². The van der Waals surface area contributed by atoms with Gasteiger partial charge < -0.3 is 9.47 Å². The van der Waals surface area contributed by atoms with Crippen molar-refractivity contribution in [3.05, 3.63) is 43.0 Å². The van der Waals surface area contributed by atoms with E-state index in [9.17, 15) is 4.79 Å². The van der Waals surface area contributed by atoms with Gasteiger partial charge in [0.2, 0.25) is 5.91 Å². The van der Waals surface area contributed by atoms with Crippen LogP contribution in [-0.2, 0) is 11.3 Å². The SMILES string of the molecule is O=C(CCCn1ccnc1)N1CCC[C@@H]1c1cnccn1. The summed E-state index contributed by atoms with van der Waals surface area (Å²) in [4.78, 5) is 26.8. The number of amides is 1. The van der Waals surface area contributed by atoms with E-state index >= 15 is 0 Å².